The van der Waals surface area contributed by atoms with Gasteiger partial charge in [-0.3, -0.25) is 4.79 Å². The minimum atomic E-state index is -0.0272. The Bertz CT molecular complexity index is 471. The Kier molecular flexibility index (Phi) is 6.20. The summed E-state index contributed by atoms with van der Waals surface area (Å²) in [5.41, 5.74) is 2.10. The van der Waals surface area contributed by atoms with Crippen molar-refractivity contribution in [3.05, 3.63) is 84.4 Å². The van der Waals surface area contributed by atoms with Crippen LogP contribution >= 0.6 is 0 Å². The third-order valence-electron chi connectivity index (χ3n) is 2.49. The van der Waals surface area contributed by atoms with Crippen LogP contribution < -0.4 is 0 Å². The van der Waals surface area contributed by atoms with E-state index in [4.69, 9.17) is 0 Å². The highest BCUT2D eigenvalue weighted by atomic mass is 16.1. The summed E-state index contributed by atoms with van der Waals surface area (Å²) in [5.74, 6) is -0.0272. The van der Waals surface area contributed by atoms with Gasteiger partial charge in [0.1, 0.15) is 0 Å². The van der Waals surface area contributed by atoms with Crippen molar-refractivity contribution in [3.63, 3.8) is 0 Å². The summed E-state index contributed by atoms with van der Waals surface area (Å²) >= 11 is 0. The third kappa shape index (κ3) is 4.79. The lowest BCUT2D eigenvalue weighted by Crippen LogP contribution is -1.90. The Morgan fingerprint density at radius 1 is 1.00 bits per heavy atom. The van der Waals surface area contributed by atoms with E-state index in [1.54, 1.807) is 12.1 Å². The minimum absolute atomic E-state index is 0.0272. The fourth-order valence-electron chi connectivity index (χ4n) is 1.43. The van der Waals surface area contributed by atoms with E-state index < -0.39 is 0 Å². The summed E-state index contributed by atoms with van der Waals surface area (Å²) in [5, 5.41) is 0. The number of carbonyl (C=O) groups excluding carboxylic acids is 1. The van der Waals surface area contributed by atoms with E-state index in [0.29, 0.717) is 5.56 Å². The molecule has 0 fully saturated rings. The number of hydrogen-bond donors (Lipinski definition) is 0. The van der Waals surface area contributed by atoms with Gasteiger partial charge in [0, 0.05) is 5.56 Å². The van der Waals surface area contributed by atoms with Gasteiger partial charge in [-0.1, -0.05) is 74.2 Å². The molecule has 92 valence electrons. The van der Waals surface area contributed by atoms with Gasteiger partial charge in [0.2, 0.25) is 0 Å². The summed E-state index contributed by atoms with van der Waals surface area (Å²) < 4.78 is 0. The van der Waals surface area contributed by atoms with Gasteiger partial charge in [-0.2, -0.15) is 0 Å². The quantitative estimate of drug-likeness (QED) is 0.575. The highest BCUT2D eigenvalue weighted by Crippen LogP contribution is 1.99. The van der Waals surface area contributed by atoms with Gasteiger partial charge in [0.05, 0.1) is 0 Å². The monoisotopic (exact) mass is 238 g/mol. The zero-order valence-electron chi connectivity index (χ0n) is 10.7. The molecule has 0 radical (unpaired) electrons. The van der Waals surface area contributed by atoms with Crippen molar-refractivity contribution in [2.24, 2.45) is 0 Å². The first-order chi connectivity index (χ1) is 8.77. The Morgan fingerprint density at radius 2 is 1.50 bits per heavy atom. The summed E-state index contributed by atoms with van der Waals surface area (Å²) in [4.78, 5) is 10.9. The second-order valence-corrected chi connectivity index (χ2v) is 3.77. The van der Waals surface area contributed by atoms with Gasteiger partial charge in [-0.15, -0.1) is 0 Å². The van der Waals surface area contributed by atoms with Crippen molar-refractivity contribution in [2.75, 3.05) is 0 Å². The van der Waals surface area contributed by atoms with Gasteiger partial charge in [-0.25, -0.2) is 0 Å². The predicted molar refractivity (Wildman–Crippen MR) is 76.8 cm³/mol. The fourth-order valence-corrected chi connectivity index (χ4v) is 1.43. The molecule has 18 heavy (non-hydrogen) atoms. The lowest BCUT2D eigenvalue weighted by atomic mass is 10.1. The minimum Gasteiger partial charge on any atom is -0.289 e. The molecule has 0 saturated carbocycles. The van der Waals surface area contributed by atoms with Crippen LogP contribution in [-0.4, -0.2) is 5.78 Å². The van der Waals surface area contributed by atoms with Gasteiger partial charge < -0.3 is 0 Å². The lowest BCUT2D eigenvalue weighted by Gasteiger charge is -1.90. The molecule has 0 aliphatic rings. The van der Waals surface area contributed by atoms with E-state index >= 15 is 0 Å². The topological polar surface area (TPSA) is 17.1 Å². The number of rotatable bonds is 3. The number of hydrogen-bond acceptors (Lipinski definition) is 1. The number of allylic oxidation sites excluding steroid dienone is 1. The van der Waals surface area contributed by atoms with Crippen LogP contribution in [0.25, 0.3) is 0 Å². The van der Waals surface area contributed by atoms with Crippen LogP contribution in [0.2, 0.25) is 0 Å². The average molecular weight is 238 g/mol. The maximum absolute atomic E-state index is 10.9. The van der Waals surface area contributed by atoms with Crippen molar-refractivity contribution in [3.8, 4) is 0 Å². The molecule has 2 aromatic carbocycles. The van der Waals surface area contributed by atoms with Crippen LogP contribution in [0.3, 0.4) is 0 Å². The summed E-state index contributed by atoms with van der Waals surface area (Å²) in [7, 11) is 0. The van der Waals surface area contributed by atoms with Crippen LogP contribution in [-0.2, 0) is 6.42 Å². The molecule has 2 aromatic rings. The average Bonchev–Trinajstić information content (AvgIpc) is 2.49. The molecule has 1 nitrogen and oxygen atoms in total. The maximum Gasteiger partial charge on any atom is 0.185 e. The maximum atomic E-state index is 10.9. The molecule has 0 atom stereocenters. The number of aryl methyl sites for hydroxylation is 1. The molecular weight excluding hydrogens is 220 g/mol. The fraction of sp³-hybridized carbons (Fsp3) is 0.118. The van der Waals surface area contributed by atoms with E-state index in [1.807, 2.05) is 24.3 Å². The molecule has 0 heterocycles. The number of carbonyl (C=O) groups is 1. The first kappa shape index (κ1) is 13.9. The van der Waals surface area contributed by atoms with Crippen molar-refractivity contribution in [1.29, 1.82) is 0 Å². The van der Waals surface area contributed by atoms with Crippen LogP contribution in [0.15, 0.2) is 73.3 Å². The van der Waals surface area contributed by atoms with Crippen LogP contribution in [0.4, 0.5) is 0 Å². The van der Waals surface area contributed by atoms with Crippen LogP contribution in [0, 0.1) is 0 Å². The van der Waals surface area contributed by atoms with E-state index in [2.05, 4.69) is 37.8 Å². The normalized spacial score (nSPS) is 8.94. The van der Waals surface area contributed by atoms with Gasteiger partial charge in [0.25, 0.3) is 0 Å². The lowest BCUT2D eigenvalue weighted by molar-refractivity contribution is 0.104. The second-order valence-electron chi connectivity index (χ2n) is 3.77. The highest BCUT2D eigenvalue weighted by Gasteiger charge is 1.95. The number of benzene rings is 2. The number of ketones is 1. The molecule has 0 saturated heterocycles. The van der Waals surface area contributed by atoms with Crippen molar-refractivity contribution in [1.82, 2.24) is 0 Å². The molecule has 0 aliphatic heterocycles. The van der Waals surface area contributed by atoms with Gasteiger partial charge in [0.15, 0.2) is 5.78 Å². The van der Waals surface area contributed by atoms with Crippen molar-refractivity contribution < 1.29 is 4.79 Å². The summed E-state index contributed by atoms with van der Waals surface area (Å²) in [6, 6.07) is 19.5. The third-order valence-corrected chi connectivity index (χ3v) is 2.49. The summed E-state index contributed by atoms with van der Waals surface area (Å²) in [6.45, 7) is 5.55. The molecule has 2 rings (SSSR count). The standard InChI is InChI=1S/C9H8O.C8H10/c1-2-9(10)8-6-4-3-5-7-8;1-2-8-6-4-3-5-7-8/h2-7H,1H2;3-7H,2H2,1H3. The highest BCUT2D eigenvalue weighted by molar-refractivity contribution is 6.04. The van der Waals surface area contributed by atoms with Gasteiger partial charge >= 0.3 is 0 Å². The zero-order chi connectivity index (χ0) is 13.2. The van der Waals surface area contributed by atoms with Crippen LogP contribution in [0.5, 0.6) is 0 Å². The summed E-state index contributed by atoms with van der Waals surface area (Å²) in [6.07, 6.45) is 2.45. The zero-order valence-corrected chi connectivity index (χ0v) is 10.7. The molecule has 0 spiro atoms. The Balaban J connectivity index is 0.000000184. The van der Waals surface area contributed by atoms with E-state index in [-0.39, 0.29) is 5.78 Å². The van der Waals surface area contributed by atoms with Crippen LogP contribution in [0.1, 0.15) is 22.8 Å². The molecule has 0 N–H and O–H groups in total. The Labute approximate surface area is 109 Å². The van der Waals surface area contributed by atoms with Gasteiger partial charge in [-0.05, 0) is 18.1 Å². The second kappa shape index (κ2) is 8.02. The Morgan fingerprint density at radius 3 is 1.89 bits per heavy atom. The molecule has 0 aliphatic carbocycles. The van der Waals surface area contributed by atoms with E-state index in [9.17, 15) is 4.79 Å². The largest absolute Gasteiger partial charge is 0.289 e. The molecule has 0 bridgehead atoms. The smallest absolute Gasteiger partial charge is 0.185 e. The first-order valence-corrected chi connectivity index (χ1v) is 6.03. The Hall–Kier alpha value is -2.15. The molecule has 0 aromatic heterocycles. The van der Waals surface area contributed by atoms with Crippen molar-refractivity contribution in [2.45, 2.75) is 13.3 Å². The SMILES string of the molecule is C=CC(=O)c1ccccc1.CCc1ccccc1. The predicted octanol–water partition coefficient (Wildman–Crippen LogP) is 4.30. The molecule has 0 amide bonds. The van der Waals surface area contributed by atoms with Crippen molar-refractivity contribution >= 4 is 5.78 Å². The molecular formula is C17H18O. The molecule has 0 unspecified atom stereocenters. The van der Waals surface area contributed by atoms with E-state index in [0.717, 1.165) is 6.42 Å². The molecule has 1 heteroatoms. The first-order valence-electron chi connectivity index (χ1n) is 6.03. The van der Waals surface area contributed by atoms with E-state index in [1.165, 1.54) is 11.6 Å².